The summed E-state index contributed by atoms with van der Waals surface area (Å²) < 4.78 is 40.2. The minimum atomic E-state index is -4.94. The lowest BCUT2D eigenvalue weighted by Gasteiger charge is -2.17. The summed E-state index contributed by atoms with van der Waals surface area (Å²) in [6, 6.07) is 28.9. The summed E-state index contributed by atoms with van der Waals surface area (Å²) in [6.07, 6.45) is 0. The van der Waals surface area contributed by atoms with Crippen LogP contribution in [0.25, 0.3) is 33.1 Å². The molecule has 142 valence electrons. The third-order valence-corrected chi connectivity index (χ3v) is 4.63. The number of halogens is 1. The van der Waals surface area contributed by atoms with Gasteiger partial charge in [0.15, 0.2) is 0 Å². The average molecular weight is 415 g/mol. The molecule has 2 aromatic carbocycles. The Balaban J connectivity index is 0.000000403. The Kier molecular flexibility index (Phi) is 6.53. The summed E-state index contributed by atoms with van der Waals surface area (Å²) in [5.74, 6) is 1.77. The van der Waals surface area contributed by atoms with Gasteiger partial charge in [0.2, 0.25) is 0 Å². The molecule has 0 aliphatic rings. The lowest BCUT2D eigenvalue weighted by molar-refractivity contribution is -2.00. The van der Waals surface area contributed by atoms with E-state index in [0.717, 1.165) is 22.6 Å². The van der Waals surface area contributed by atoms with E-state index in [1.54, 1.807) is 11.3 Å². The van der Waals surface area contributed by atoms with E-state index < -0.39 is 10.2 Å². The molecule has 0 fully saturated rings. The third kappa shape index (κ3) is 5.97. The number of hydrogen-bond donors (Lipinski definition) is 0. The minimum Gasteiger partial charge on any atom is -0.222 e. The average Bonchev–Trinajstić information content (AvgIpc) is 3.23. The van der Waals surface area contributed by atoms with E-state index in [-0.39, 0.29) is 0 Å². The smallest absolute Gasteiger partial charge is 0.222 e. The molecule has 0 unspecified atom stereocenters. The first kappa shape index (κ1) is 20.2. The zero-order valence-electron chi connectivity index (χ0n) is 14.5. The largest absolute Gasteiger partial charge is 0.361 e. The van der Waals surface area contributed by atoms with Gasteiger partial charge >= 0.3 is 11.5 Å². The maximum absolute atomic E-state index is 8.49. The van der Waals surface area contributed by atoms with Crippen molar-refractivity contribution in [2.45, 2.75) is 0 Å². The van der Waals surface area contributed by atoms with E-state index in [9.17, 15) is 0 Å². The highest BCUT2D eigenvalue weighted by molar-refractivity contribution is 7.13. The molecule has 0 N–H and O–H groups in total. The molecule has 0 aliphatic carbocycles. The SMILES string of the molecule is [O-][Cl+3]([O-])([O-])[O-].c1ccc(-c2cc(-c3cccs3)cc(-c3ccccc3)[o+]2)cc1. The molecule has 0 saturated carbocycles. The van der Waals surface area contributed by atoms with Gasteiger partial charge in [-0.25, -0.2) is 23.1 Å². The van der Waals surface area contributed by atoms with Gasteiger partial charge in [-0.1, -0.05) is 42.5 Å². The summed E-state index contributed by atoms with van der Waals surface area (Å²) in [7, 11) is -4.94. The number of hydrogen-bond acceptors (Lipinski definition) is 5. The monoisotopic (exact) mass is 414 g/mol. The van der Waals surface area contributed by atoms with Gasteiger partial charge in [0, 0.05) is 10.4 Å². The molecule has 7 heteroatoms. The molecule has 0 radical (unpaired) electrons. The van der Waals surface area contributed by atoms with E-state index in [1.807, 2.05) is 36.4 Å². The third-order valence-electron chi connectivity index (χ3n) is 3.72. The summed E-state index contributed by atoms with van der Waals surface area (Å²) in [6.45, 7) is 0. The Morgan fingerprint density at radius 3 is 1.46 bits per heavy atom. The van der Waals surface area contributed by atoms with Crippen molar-refractivity contribution in [2.75, 3.05) is 0 Å². The Bertz CT molecular complexity index is 936. The van der Waals surface area contributed by atoms with E-state index in [1.165, 1.54) is 10.4 Å². The van der Waals surface area contributed by atoms with Crippen LogP contribution in [0.5, 0.6) is 0 Å². The fourth-order valence-corrected chi connectivity index (χ4v) is 3.29. The van der Waals surface area contributed by atoms with Crippen LogP contribution < -0.4 is 18.6 Å². The molecule has 0 bridgehead atoms. The summed E-state index contributed by atoms with van der Waals surface area (Å²) >= 11 is 1.74. The molecule has 2 heterocycles. The van der Waals surface area contributed by atoms with E-state index in [0.29, 0.717) is 0 Å². The molecule has 0 saturated heterocycles. The maximum Gasteiger partial charge on any atom is 0.361 e. The van der Waals surface area contributed by atoms with Crippen molar-refractivity contribution in [3.05, 3.63) is 90.3 Å². The molecule has 0 aliphatic heterocycles. The molecule has 0 amide bonds. The van der Waals surface area contributed by atoms with Gasteiger partial charge in [0.05, 0.1) is 23.3 Å². The van der Waals surface area contributed by atoms with Gasteiger partial charge < -0.3 is 0 Å². The highest BCUT2D eigenvalue weighted by atomic mass is 35.7. The van der Waals surface area contributed by atoms with Crippen molar-refractivity contribution in [1.82, 2.24) is 0 Å². The van der Waals surface area contributed by atoms with Crippen molar-refractivity contribution in [2.24, 2.45) is 0 Å². The first-order valence-electron chi connectivity index (χ1n) is 8.15. The van der Waals surface area contributed by atoms with Crippen molar-refractivity contribution in [1.29, 1.82) is 0 Å². The highest BCUT2D eigenvalue weighted by Crippen LogP contribution is 2.34. The van der Waals surface area contributed by atoms with Crippen LogP contribution in [-0.2, 0) is 0 Å². The van der Waals surface area contributed by atoms with Crippen LogP contribution in [0.4, 0.5) is 0 Å². The first-order valence-corrected chi connectivity index (χ1v) is 10.3. The van der Waals surface area contributed by atoms with Crippen molar-refractivity contribution in [3.63, 3.8) is 0 Å². The molecule has 0 spiro atoms. The predicted octanol–water partition coefficient (Wildman–Crippen LogP) is 1.87. The molecule has 4 rings (SSSR count). The predicted molar refractivity (Wildman–Crippen MR) is 97.3 cm³/mol. The fraction of sp³-hybridized carbons (Fsp3) is 0. The van der Waals surface area contributed by atoms with Crippen LogP contribution in [0, 0.1) is 10.2 Å². The second-order valence-corrected chi connectivity index (χ2v) is 7.37. The van der Waals surface area contributed by atoms with Crippen LogP contribution in [0.3, 0.4) is 0 Å². The molecule has 2 aromatic heterocycles. The van der Waals surface area contributed by atoms with Crippen LogP contribution in [0.2, 0.25) is 0 Å². The molecular weight excluding hydrogens is 400 g/mol. The standard InChI is InChI=1S/C21H15OS.ClHO4/c1-3-8-16(9-4-1)19-14-18(21-12-7-13-23-21)15-20(22-19)17-10-5-2-6-11-17;2-1(3,4)5/h1-15H;(H,2,3,4,5)/q+1;/p-1. The molecule has 5 nitrogen and oxygen atoms in total. The van der Waals surface area contributed by atoms with Crippen LogP contribution in [0.1, 0.15) is 0 Å². The van der Waals surface area contributed by atoms with Crippen molar-refractivity contribution < 1.29 is 33.3 Å². The normalized spacial score (nSPS) is 10.9. The zero-order chi connectivity index (χ0) is 20.0. The number of rotatable bonds is 3. The first-order chi connectivity index (χ1) is 13.4. The van der Waals surface area contributed by atoms with E-state index >= 15 is 0 Å². The van der Waals surface area contributed by atoms with Gasteiger partial charge in [-0.2, -0.15) is 0 Å². The number of thiophene rings is 1. The molecule has 28 heavy (non-hydrogen) atoms. The van der Waals surface area contributed by atoms with Crippen molar-refractivity contribution >= 4 is 11.3 Å². The lowest BCUT2D eigenvalue weighted by Crippen LogP contribution is -2.68. The zero-order valence-corrected chi connectivity index (χ0v) is 16.1. The van der Waals surface area contributed by atoms with Gasteiger partial charge in [0.1, 0.15) is 0 Å². The second kappa shape index (κ2) is 9.07. The molecule has 0 atom stereocenters. The van der Waals surface area contributed by atoms with Crippen LogP contribution in [0.15, 0.2) is 94.7 Å². The minimum absolute atomic E-state index is 0.885. The van der Waals surface area contributed by atoms with Gasteiger partial charge in [-0.15, -0.1) is 21.6 Å². The number of benzene rings is 2. The molecular formula is C21H15ClO5S. The summed E-state index contributed by atoms with van der Waals surface area (Å²) in [5.41, 5.74) is 3.36. The van der Waals surface area contributed by atoms with Crippen LogP contribution in [-0.4, -0.2) is 0 Å². The van der Waals surface area contributed by atoms with E-state index in [2.05, 4.69) is 53.9 Å². The summed E-state index contributed by atoms with van der Waals surface area (Å²) in [4.78, 5) is 1.25. The van der Waals surface area contributed by atoms with Crippen LogP contribution >= 0.6 is 11.3 Å². The quantitative estimate of drug-likeness (QED) is 0.476. The van der Waals surface area contributed by atoms with E-state index in [4.69, 9.17) is 23.1 Å². The van der Waals surface area contributed by atoms with Gasteiger partial charge in [-0.3, -0.25) is 0 Å². The van der Waals surface area contributed by atoms with Gasteiger partial charge in [0.25, 0.3) is 0 Å². The van der Waals surface area contributed by atoms with Crippen molar-refractivity contribution in [3.8, 4) is 33.1 Å². The molecule has 4 aromatic rings. The summed E-state index contributed by atoms with van der Waals surface area (Å²) in [5, 5.41) is 2.10. The topological polar surface area (TPSA) is 104 Å². The highest BCUT2D eigenvalue weighted by Gasteiger charge is 2.20. The Hall–Kier alpha value is -2.58. The Morgan fingerprint density at radius 1 is 0.607 bits per heavy atom. The Morgan fingerprint density at radius 2 is 1.07 bits per heavy atom. The van der Waals surface area contributed by atoms with Gasteiger partial charge in [-0.05, 0) is 35.7 Å². The fourth-order valence-electron chi connectivity index (χ4n) is 2.58. The lowest BCUT2D eigenvalue weighted by atomic mass is 10.1. The Labute approximate surface area is 168 Å². The maximum atomic E-state index is 8.49. The second-order valence-electron chi connectivity index (χ2n) is 5.66.